The summed E-state index contributed by atoms with van der Waals surface area (Å²) in [7, 11) is 0. The third-order valence-electron chi connectivity index (χ3n) is 2.30. The fourth-order valence-electron chi connectivity index (χ4n) is 1.15. The van der Waals surface area contributed by atoms with E-state index in [1.165, 1.54) is 0 Å². The van der Waals surface area contributed by atoms with Crippen LogP contribution >= 0.6 is 12.4 Å². The molecule has 0 aromatic carbocycles. The molecule has 1 saturated heterocycles. The number of hydrogen-bond acceptors (Lipinski definition) is 2. The maximum Gasteiger partial charge on any atom is 0.0769 e. The van der Waals surface area contributed by atoms with Gasteiger partial charge in [-0.1, -0.05) is 6.92 Å². The third-order valence-corrected chi connectivity index (χ3v) is 2.30. The minimum Gasteiger partial charge on any atom is -0.389 e. The number of piperidine rings is 1. The molecular weight excluding hydrogens is 150 g/mol. The van der Waals surface area contributed by atoms with Gasteiger partial charge in [0, 0.05) is 6.54 Å². The summed E-state index contributed by atoms with van der Waals surface area (Å²) < 4.78 is 0. The van der Waals surface area contributed by atoms with Crippen molar-refractivity contribution in [2.24, 2.45) is 5.92 Å². The zero-order chi connectivity index (χ0) is 6.91. The standard InChI is InChI=1S/C7H15NO.ClH/c1-6-3-4-8-5-7(6,2)9;/h6,8-9H,3-5H2,1-2H3;1H/t6-,7-;/m1./s1. The summed E-state index contributed by atoms with van der Waals surface area (Å²) in [6, 6.07) is 0. The van der Waals surface area contributed by atoms with Gasteiger partial charge in [-0.3, -0.25) is 0 Å². The predicted molar refractivity (Wildman–Crippen MR) is 44.5 cm³/mol. The maximum atomic E-state index is 9.58. The van der Waals surface area contributed by atoms with Crippen molar-refractivity contribution in [3.63, 3.8) is 0 Å². The molecule has 2 atom stereocenters. The topological polar surface area (TPSA) is 32.3 Å². The summed E-state index contributed by atoms with van der Waals surface area (Å²) in [5.74, 6) is 0.443. The van der Waals surface area contributed by atoms with Gasteiger partial charge in [0.05, 0.1) is 5.60 Å². The molecule has 0 bridgehead atoms. The third kappa shape index (κ3) is 2.11. The van der Waals surface area contributed by atoms with Crippen molar-refractivity contribution in [2.75, 3.05) is 13.1 Å². The van der Waals surface area contributed by atoms with Crippen molar-refractivity contribution in [2.45, 2.75) is 25.9 Å². The molecule has 0 saturated carbocycles. The van der Waals surface area contributed by atoms with Crippen molar-refractivity contribution in [3.05, 3.63) is 0 Å². The highest BCUT2D eigenvalue weighted by molar-refractivity contribution is 5.85. The molecule has 0 aromatic rings. The number of hydrogen-bond donors (Lipinski definition) is 2. The summed E-state index contributed by atoms with van der Waals surface area (Å²) >= 11 is 0. The maximum absolute atomic E-state index is 9.58. The number of aliphatic hydroxyl groups is 1. The lowest BCUT2D eigenvalue weighted by molar-refractivity contribution is -0.0115. The van der Waals surface area contributed by atoms with E-state index in [1.807, 2.05) is 6.92 Å². The number of rotatable bonds is 0. The number of β-amino-alcohol motifs (C(OH)–C–C–N with tert-alkyl or cyclic N) is 1. The molecule has 2 nitrogen and oxygen atoms in total. The first kappa shape index (κ1) is 10.2. The van der Waals surface area contributed by atoms with Gasteiger partial charge in [0.1, 0.15) is 0 Å². The molecule has 2 N–H and O–H groups in total. The first-order valence-corrected chi connectivity index (χ1v) is 3.56. The van der Waals surface area contributed by atoms with Crippen LogP contribution in [0.4, 0.5) is 0 Å². The monoisotopic (exact) mass is 165 g/mol. The molecular formula is C7H16ClNO. The summed E-state index contributed by atoms with van der Waals surface area (Å²) in [5.41, 5.74) is -0.474. The Bertz CT molecular complexity index is 106. The Morgan fingerprint density at radius 3 is 2.50 bits per heavy atom. The average molecular weight is 166 g/mol. The second-order valence-electron chi connectivity index (χ2n) is 3.22. The van der Waals surface area contributed by atoms with Crippen LogP contribution in [0.5, 0.6) is 0 Å². The number of nitrogens with one attached hydrogen (secondary N) is 1. The van der Waals surface area contributed by atoms with Crippen molar-refractivity contribution < 1.29 is 5.11 Å². The summed E-state index contributed by atoms with van der Waals surface area (Å²) in [6.07, 6.45) is 1.09. The van der Waals surface area contributed by atoms with E-state index in [9.17, 15) is 5.11 Å². The Hall–Kier alpha value is 0.210. The molecule has 3 heteroatoms. The van der Waals surface area contributed by atoms with Crippen LogP contribution in [0.1, 0.15) is 20.3 Å². The minimum atomic E-state index is -0.474. The van der Waals surface area contributed by atoms with Crippen LogP contribution in [-0.4, -0.2) is 23.8 Å². The lowest BCUT2D eigenvalue weighted by Crippen LogP contribution is -2.48. The molecule has 1 rings (SSSR count). The quantitative estimate of drug-likeness (QED) is 0.557. The smallest absolute Gasteiger partial charge is 0.0769 e. The van der Waals surface area contributed by atoms with E-state index in [0.717, 1.165) is 19.5 Å². The van der Waals surface area contributed by atoms with E-state index < -0.39 is 5.60 Å². The van der Waals surface area contributed by atoms with E-state index in [4.69, 9.17) is 0 Å². The van der Waals surface area contributed by atoms with Crippen molar-refractivity contribution in [3.8, 4) is 0 Å². The van der Waals surface area contributed by atoms with Gasteiger partial charge < -0.3 is 10.4 Å². The van der Waals surface area contributed by atoms with Gasteiger partial charge in [-0.05, 0) is 25.8 Å². The summed E-state index contributed by atoms with van der Waals surface area (Å²) in [4.78, 5) is 0. The second kappa shape index (κ2) is 3.56. The minimum absolute atomic E-state index is 0. The van der Waals surface area contributed by atoms with Gasteiger partial charge in [0.15, 0.2) is 0 Å². The largest absolute Gasteiger partial charge is 0.389 e. The Kier molecular flexibility index (Phi) is 3.63. The molecule has 0 unspecified atom stereocenters. The Labute approximate surface area is 68.4 Å². The van der Waals surface area contributed by atoms with Gasteiger partial charge in [-0.2, -0.15) is 0 Å². The van der Waals surface area contributed by atoms with Gasteiger partial charge >= 0.3 is 0 Å². The normalized spacial score (nSPS) is 40.5. The molecule has 1 aliphatic heterocycles. The number of halogens is 1. The molecule has 1 heterocycles. The second-order valence-corrected chi connectivity index (χ2v) is 3.22. The first-order chi connectivity index (χ1) is 4.13. The molecule has 10 heavy (non-hydrogen) atoms. The van der Waals surface area contributed by atoms with E-state index >= 15 is 0 Å². The van der Waals surface area contributed by atoms with E-state index in [1.54, 1.807) is 0 Å². The summed E-state index contributed by atoms with van der Waals surface area (Å²) in [5, 5.41) is 12.7. The fourth-order valence-corrected chi connectivity index (χ4v) is 1.15. The van der Waals surface area contributed by atoms with Crippen LogP contribution in [0.2, 0.25) is 0 Å². The van der Waals surface area contributed by atoms with E-state index in [-0.39, 0.29) is 12.4 Å². The van der Waals surface area contributed by atoms with Gasteiger partial charge in [-0.25, -0.2) is 0 Å². The van der Waals surface area contributed by atoms with Crippen LogP contribution in [0.15, 0.2) is 0 Å². The van der Waals surface area contributed by atoms with Crippen LogP contribution in [0.25, 0.3) is 0 Å². The molecule has 0 spiro atoms. The Morgan fingerprint density at radius 1 is 1.60 bits per heavy atom. The molecule has 0 radical (unpaired) electrons. The van der Waals surface area contributed by atoms with Crippen LogP contribution in [0.3, 0.4) is 0 Å². The Balaban J connectivity index is 0.000000810. The fraction of sp³-hybridized carbons (Fsp3) is 1.00. The molecule has 0 aliphatic carbocycles. The van der Waals surface area contributed by atoms with Crippen LogP contribution < -0.4 is 5.32 Å². The van der Waals surface area contributed by atoms with Gasteiger partial charge in [0.25, 0.3) is 0 Å². The van der Waals surface area contributed by atoms with Crippen LogP contribution in [-0.2, 0) is 0 Å². The Morgan fingerprint density at radius 2 is 2.20 bits per heavy atom. The average Bonchev–Trinajstić information content (AvgIpc) is 1.77. The molecule has 62 valence electrons. The van der Waals surface area contributed by atoms with E-state index in [2.05, 4.69) is 12.2 Å². The summed E-state index contributed by atoms with van der Waals surface area (Å²) in [6.45, 7) is 5.79. The lowest BCUT2D eigenvalue weighted by Gasteiger charge is -2.35. The SMILES string of the molecule is C[C@@H]1CCNC[C@@]1(C)O.Cl. The predicted octanol–water partition coefficient (Wildman–Crippen LogP) is 0.789. The van der Waals surface area contributed by atoms with Gasteiger partial charge in [-0.15, -0.1) is 12.4 Å². The first-order valence-electron chi connectivity index (χ1n) is 3.56. The molecule has 1 aliphatic rings. The highest BCUT2D eigenvalue weighted by atomic mass is 35.5. The van der Waals surface area contributed by atoms with Crippen molar-refractivity contribution in [1.29, 1.82) is 0 Å². The highest BCUT2D eigenvalue weighted by Crippen LogP contribution is 2.21. The molecule has 0 amide bonds. The molecule has 1 fully saturated rings. The zero-order valence-electron chi connectivity index (χ0n) is 6.55. The lowest BCUT2D eigenvalue weighted by atomic mass is 9.85. The highest BCUT2D eigenvalue weighted by Gasteiger charge is 2.30. The van der Waals surface area contributed by atoms with E-state index in [0.29, 0.717) is 5.92 Å². The van der Waals surface area contributed by atoms with Crippen molar-refractivity contribution in [1.82, 2.24) is 5.32 Å². The van der Waals surface area contributed by atoms with Crippen LogP contribution in [0, 0.1) is 5.92 Å². The zero-order valence-corrected chi connectivity index (χ0v) is 7.37. The van der Waals surface area contributed by atoms with Gasteiger partial charge in [0.2, 0.25) is 0 Å². The molecule has 0 aromatic heterocycles. The van der Waals surface area contributed by atoms with Crippen molar-refractivity contribution >= 4 is 12.4 Å².